The Hall–Kier alpha value is -2.37. The van der Waals surface area contributed by atoms with E-state index in [1.807, 2.05) is 53.9 Å². The maximum absolute atomic E-state index is 12.0. The summed E-state index contributed by atoms with van der Waals surface area (Å²) in [6, 6.07) is 18.1. The van der Waals surface area contributed by atoms with Gasteiger partial charge in [0.05, 0.1) is 10.6 Å². The lowest BCUT2D eigenvalue weighted by atomic mass is 10.1. The molecule has 23 heavy (non-hydrogen) atoms. The van der Waals surface area contributed by atoms with E-state index in [2.05, 4.69) is 22.4 Å². The highest BCUT2D eigenvalue weighted by molar-refractivity contribution is 8.18. The van der Waals surface area contributed by atoms with Crippen molar-refractivity contribution < 1.29 is 4.79 Å². The number of fused-ring (bicyclic) bond motifs is 1. The van der Waals surface area contributed by atoms with Gasteiger partial charge in [-0.15, -0.1) is 11.3 Å². The zero-order valence-electron chi connectivity index (χ0n) is 12.0. The average molecular weight is 336 g/mol. The number of nitrogens with one attached hydrogen (secondary N) is 1. The number of benzene rings is 2. The summed E-state index contributed by atoms with van der Waals surface area (Å²) in [4.78, 5) is 18.3. The van der Waals surface area contributed by atoms with Crippen molar-refractivity contribution in [1.29, 1.82) is 0 Å². The first kappa shape index (κ1) is 14.2. The largest absolute Gasteiger partial charge is 0.300 e. The summed E-state index contributed by atoms with van der Waals surface area (Å²) in [6.07, 6.45) is 1.90. The van der Waals surface area contributed by atoms with Gasteiger partial charge in [0.1, 0.15) is 0 Å². The molecule has 0 bridgehead atoms. The van der Waals surface area contributed by atoms with Gasteiger partial charge in [0.25, 0.3) is 5.91 Å². The van der Waals surface area contributed by atoms with Crippen LogP contribution in [0.4, 0.5) is 5.69 Å². The van der Waals surface area contributed by atoms with Gasteiger partial charge in [0, 0.05) is 4.88 Å². The predicted molar refractivity (Wildman–Crippen MR) is 99.1 cm³/mol. The van der Waals surface area contributed by atoms with Gasteiger partial charge in [-0.3, -0.25) is 4.79 Å². The lowest BCUT2D eigenvalue weighted by molar-refractivity contribution is -0.115. The van der Waals surface area contributed by atoms with E-state index >= 15 is 0 Å². The number of aliphatic imine (C=N–C) groups is 1. The molecule has 1 aliphatic rings. The highest BCUT2D eigenvalue weighted by Gasteiger charge is 2.23. The molecule has 1 fully saturated rings. The van der Waals surface area contributed by atoms with Gasteiger partial charge in [-0.25, -0.2) is 4.99 Å². The van der Waals surface area contributed by atoms with Crippen molar-refractivity contribution in [2.45, 2.75) is 0 Å². The van der Waals surface area contributed by atoms with Crippen molar-refractivity contribution in [3.8, 4) is 0 Å². The van der Waals surface area contributed by atoms with Gasteiger partial charge in [0.15, 0.2) is 5.17 Å². The lowest BCUT2D eigenvalue weighted by Crippen LogP contribution is -2.19. The van der Waals surface area contributed by atoms with Crippen molar-refractivity contribution in [2.75, 3.05) is 0 Å². The Morgan fingerprint density at radius 1 is 1.00 bits per heavy atom. The quantitative estimate of drug-likeness (QED) is 0.683. The molecule has 3 aromatic rings. The molecule has 1 aromatic heterocycles. The van der Waals surface area contributed by atoms with Crippen LogP contribution in [0.5, 0.6) is 0 Å². The van der Waals surface area contributed by atoms with Crippen molar-refractivity contribution in [3.63, 3.8) is 0 Å². The summed E-state index contributed by atoms with van der Waals surface area (Å²) in [7, 11) is 0. The van der Waals surface area contributed by atoms with Crippen LogP contribution in [0.3, 0.4) is 0 Å². The maximum atomic E-state index is 12.0. The summed E-state index contributed by atoms with van der Waals surface area (Å²) in [6.45, 7) is 0. The molecule has 1 N–H and O–H groups in total. The standard InChI is InChI=1S/C18H12N2OS2/c21-17-16(11-15-6-3-9-22-15)23-18(20-17)19-14-8-7-12-4-1-2-5-13(12)10-14/h1-11H,(H,19,20,21)/b16-11+. The van der Waals surface area contributed by atoms with E-state index in [-0.39, 0.29) is 5.91 Å². The molecular weight excluding hydrogens is 324 g/mol. The number of hydrogen-bond acceptors (Lipinski definition) is 4. The first-order chi connectivity index (χ1) is 11.3. The van der Waals surface area contributed by atoms with Crippen LogP contribution < -0.4 is 5.32 Å². The molecule has 1 aliphatic heterocycles. The average Bonchev–Trinajstić information content (AvgIpc) is 3.18. The Morgan fingerprint density at radius 3 is 2.70 bits per heavy atom. The molecule has 3 nitrogen and oxygen atoms in total. The van der Waals surface area contributed by atoms with Crippen LogP contribution in [0.1, 0.15) is 4.88 Å². The summed E-state index contributed by atoms with van der Waals surface area (Å²) in [5.74, 6) is -0.0945. The van der Waals surface area contributed by atoms with Crippen molar-refractivity contribution in [3.05, 3.63) is 69.8 Å². The molecule has 4 rings (SSSR count). The third-order valence-electron chi connectivity index (χ3n) is 3.43. The van der Waals surface area contributed by atoms with Gasteiger partial charge >= 0.3 is 0 Å². The molecule has 0 unspecified atom stereocenters. The second-order valence-electron chi connectivity index (χ2n) is 5.03. The monoisotopic (exact) mass is 336 g/mol. The fourth-order valence-corrected chi connectivity index (χ4v) is 3.91. The Balaban J connectivity index is 1.62. The molecule has 2 aromatic carbocycles. The number of thioether (sulfide) groups is 1. The second kappa shape index (κ2) is 6.02. The Bertz CT molecular complexity index is 943. The normalized spacial score (nSPS) is 18.0. The van der Waals surface area contributed by atoms with Crippen LogP contribution in [0.2, 0.25) is 0 Å². The van der Waals surface area contributed by atoms with Crippen molar-refractivity contribution in [2.24, 2.45) is 4.99 Å². The van der Waals surface area contributed by atoms with Crippen LogP contribution in [0.25, 0.3) is 16.8 Å². The zero-order chi connectivity index (χ0) is 15.6. The second-order valence-corrected chi connectivity index (χ2v) is 7.04. The fraction of sp³-hybridized carbons (Fsp3) is 0. The summed E-state index contributed by atoms with van der Waals surface area (Å²) in [5.41, 5.74) is 0.837. The summed E-state index contributed by atoms with van der Waals surface area (Å²) >= 11 is 2.98. The number of hydrogen-bond donors (Lipinski definition) is 1. The van der Waals surface area contributed by atoms with Crippen LogP contribution >= 0.6 is 23.1 Å². The molecule has 1 saturated heterocycles. The molecule has 1 amide bonds. The summed E-state index contributed by atoms with van der Waals surface area (Å²) < 4.78 is 0. The molecule has 0 atom stereocenters. The Kier molecular flexibility index (Phi) is 3.73. The number of carbonyl (C=O) groups excluding carboxylic acids is 1. The first-order valence-corrected chi connectivity index (χ1v) is 8.79. The fourth-order valence-electron chi connectivity index (χ4n) is 2.35. The van der Waals surface area contributed by atoms with Gasteiger partial charge < -0.3 is 5.32 Å². The molecule has 0 saturated carbocycles. The van der Waals surface area contributed by atoms with E-state index in [1.54, 1.807) is 11.3 Å². The number of nitrogens with zero attached hydrogens (tertiary/aromatic N) is 1. The molecule has 0 aliphatic carbocycles. The minimum absolute atomic E-state index is 0.0945. The van der Waals surface area contributed by atoms with Crippen LogP contribution in [-0.4, -0.2) is 11.1 Å². The van der Waals surface area contributed by atoms with E-state index in [4.69, 9.17) is 0 Å². The number of rotatable bonds is 2. The highest BCUT2D eigenvalue weighted by atomic mass is 32.2. The van der Waals surface area contributed by atoms with E-state index in [1.165, 1.54) is 17.1 Å². The number of thiophene rings is 1. The van der Waals surface area contributed by atoms with Gasteiger partial charge in [0.2, 0.25) is 0 Å². The van der Waals surface area contributed by atoms with Crippen molar-refractivity contribution >= 4 is 56.7 Å². The summed E-state index contributed by atoms with van der Waals surface area (Å²) in [5, 5.41) is 7.75. The lowest BCUT2D eigenvalue weighted by Gasteiger charge is -2.00. The Morgan fingerprint density at radius 2 is 1.87 bits per heavy atom. The van der Waals surface area contributed by atoms with Crippen LogP contribution in [0, 0.1) is 0 Å². The molecule has 0 spiro atoms. The van der Waals surface area contributed by atoms with Gasteiger partial charge in [-0.05, 0) is 52.2 Å². The molecule has 0 radical (unpaired) electrons. The Labute approximate surface area is 141 Å². The predicted octanol–water partition coefficient (Wildman–Crippen LogP) is 4.79. The van der Waals surface area contributed by atoms with Crippen molar-refractivity contribution in [1.82, 2.24) is 5.32 Å². The smallest absolute Gasteiger partial charge is 0.264 e. The molecular formula is C18H12N2OS2. The number of amidine groups is 1. The van der Waals surface area contributed by atoms with Gasteiger partial charge in [-0.2, -0.15) is 0 Å². The van der Waals surface area contributed by atoms with Gasteiger partial charge in [-0.1, -0.05) is 36.4 Å². The minimum Gasteiger partial charge on any atom is -0.300 e. The third-order valence-corrected chi connectivity index (χ3v) is 5.16. The van der Waals surface area contributed by atoms with E-state index in [9.17, 15) is 4.79 Å². The third kappa shape index (κ3) is 3.06. The maximum Gasteiger partial charge on any atom is 0.264 e. The van der Waals surface area contributed by atoms with E-state index < -0.39 is 0 Å². The highest BCUT2D eigenvalue weighted by Crippen LogP contribution is 2.29. The van der Waals surface area contributed by atoms with Crippen LogP contribution in [0.15, 0.2) is 69.9 Å². The SMILES string of the molecule is O=C1NC(=Nc2ccc3ccccc3c2)S/C1=C/c1cccs1. The number of amides is 1. The number of carbonyl (C=O) groups is 1. The van der Waals surface area contributed by atoms with E-state index in [0.717, 1.165) is 16.0 Å². The molecule has 5 heteroatoms. The zero-order valence-corrected chi connectivity index (χ0v) is 13.7. The molecule has 2 heterocycles. The topological polar surface area (TPSA) is 41.5 Å². The molecule has 112 valence electrons. The van der Waals surface area contributed by atoms with E-state index in [0.29, 0.717) is 10.1 Å². The minimum atomic E-state index is -0.0945. The first-order valence-electron chi connectivity index (χ1n) is 7.10. The van der Waals surface area contributed by atoms with Crippen LogP contribution in [-0.2, 0) is 4.79 Å².